The summed E-state index contributed by atoms with van der Waals surface area (Å²) in [6, 6.07) is 0. The highest BCUT2D eigenvalue weighted by molar-refractivity contribution is 6.17. The van der Waals surface area contributed by atoms with Gasteiger partial charge in [-0.2, -0.15) is 0 Å². The largest absolute Gasteiger partial charge is 0.550 e. The van der Waals surface area contributed by atoms with Crippen molar-refractivity contribution in [1.82, 2.24) is 0 Å². The van der Waals surface area contributed by atoms with Crippen LogP contribution >= 0.6 is 24.0 Å². The third-order valence-electron chi connectivity index (χ3n) is 2.22. The van der Waals surface area contributed by atoms with Crippen molar-refractivity contribution in [3.8, 4) is 0 Å². The highest BCUT2D eigenvalue weighted by Gasteiger charge is 2.20. The monoisotopic (exact) mass is 345 g/mol. The molecule has 0 aliphatic carbocycles. The lowest BCUT2D eigenvalue weighted by atomic mass is 10.2. The van der Waals surface area contributed by atoms with Crippen LogP contribution in [0.4, 0.5) is 0 Å². The van der Waals surface area contributed by atoms with Gasteiger partial charge in [0.2, 0.25) is 0 Å². The Balaban J connectivity index is -0.000000394. The van der Waals surface area contributed by atoms with E-state index in [-0.39, 0.29) is 18.8 Å². The van der Waals surface area contributed by atoms with Crippen molar-refractivity contribution >= 4 is 35.9 Å². The molecule has 0 aromatic carbocycles. The number of ether oxygens (including phenoxy) is 1. The van der Waals surface area contributed by atoms with Gasteiger partial charge in [-0.1, -0.05) is 19.8 Å². The second-order valence-electron chi connectivity index (χ2n) is 5.68. The van der Waals surface area contributed by atoms with Crippen molar-refractivity contribution in [3.05, 3.63) is 0 Å². The number of hydrogen-bond donors (Lipinski definition) is 0. The van der Waals surface area contributed by atoms with Crippen LogP contribution < -0.4 is 5.11 Å². The number of esters is 1. The Labute approximate surface area is 139 Å². The minimum atomic E-state index is -1.20. The fourth-order valence-corrected chi connectivity index (χ4v) is 1.71. The zero-order valence-electron chi connectivity index (χ0n) is 13.7. The number of carboxylic acid groups (broad SMARTS) is 1. The first-order valence-electron chi connectivity index (χ1n) is 6.85. The predicted octanol–water partition coefficient (Wildman–Crippen LogP) is 1.60. The van der Waals surface area contributed by atoms with Crippen LogP contribution in [0.1, 0.15) is 39.5 Å². The van der Waals surface area contributed by atoms with Crippen LogP contribution in [0.3, 0.4) is 0 Å². The number of halogens is 2. The number of likely N-dealkylation sites (N-methyl/N-ethyl adjacent to an activating group) is 1. The van der Waals surface area contributed by atoms with Crippen LogP contribution in [0.25, 0.3) is 0 Å². The molecule has 1 atom stereocenters. The molecule has 128 valence electrons. The lowest BCUT2D eigenvalue weighted by molar-refractivity contribution is -0.873. The van der Waals surface area contributed by atoms with Crippen molar-refractivity contribution in [1.29, 1.82) is 0 Å². The van der Waals surface area contributed by atoms with Gasteiger partial charge in [-0.15, -0.1) is 24.0 Å². The number of carbonyl (C=O) groups excluding carboxylic acids is 2. The molecule has 7 heteroatoms. The van der Waals surface area contributed by atoms with E-state index >= 15 is 0 Å². The summed E-state index contributed by atoms with van der Waals surface area (Å²) in [6.07, 6.45) is 2.86. The molecule has 0 saturated carbocycles. The van der Waals surface area contributed by atoms with E-state index in [1.165, 1.54) is 26.2 Å². The van der Waals surface area contributed by atoms with Gasteiger partial charge in [0.15, 0.2) is 6.10 Å². The standard InChI is InChI=1S/C9H17NO4.C5H11Cl.ClH/c1-7(11)14-8(5-9(12)13)6-10(2,3)4;1-2-3-4-5-6;/h8H,5-6H2,1-4H3;2-5H2,1H3;1H. The number of carboxylic acids is 1. The Hall–Kier alpha value is -0.520. The summed E-state index contributed by atoms with van der Waals surface area (Å²) in [7, 11) is 5.68. The van der Waals surface area contributed by atoms with Gasteiger partial charge in [0.1, 0.15) is 6.54 Å². The number of hydrogen-bond acceptors (Lipinski definition) is 4. The zero-order chi connectivity index (χ0) is 16.2. The van der Waals surface area contributed by atoms with Crippen molar-refractivity contribution in [2.45, 2.75) is 45.6 Å². The van der Waals surface area contributed by atoms with Gasteiger partial charge in [0.05, 0.1) is 21.1 Å². The lowest BCUT2D eigenvalue weighted by Gasteiger charge is -2.28. The highest BCUT2D eigenvalue weighted by Crippen LogP contribution is 2.04. The molecular formula is C14H29Cl2NO4. The van der Waals surface area contributed by atoms with Crippen LogP contribution in [0.2, 0.25) is 0 Å². The quantitative estimate of drug-likeness (QED) is 0.290. The molecular weight excluding hydrogens is 317 g/mol. The molecule has 0 spiro atoms. The number of quaternary nitrogens is 1. The minimum absolute atomic E-state index is 0. The predicted molar refractivity (Wildman–Crippen MR) is 85.6 cm³/mol. The number of nitrogens with zero attached hydrogens (tertiary/aromatic N) is 1. The van der Waals surface area contributed by atoms with E-state index in [4.69, 9.17) is 16.3 Å². The Morgan fingerprint density at radius 2 is 1.76 bits per heavy atom. The molecule has 0 heterocycles. The van der Waals surface area contributed by atoms with Crippen molar-refractivity contribution < 1.29 is 23.9 Å². The van der Waals surface area contributed by atoms with Crippen LogP contribution in [-0.4, -0.2) is 56.1 Å². The number of rotatable bonds is 8. The Morgan fingerprint density at radius 1 is 1.24 bits per heavy atom. The SMILES string of the molecule is CC(=O)OC(CC(=O)[O-])C[N+](C)(C)C.CCCCCCl.Cl. The normalized spacial score (nSPS) is 11.5. The van der Waals surface area contributed by atoms with Crippen LogP contribution in [0.15, 0.2) is 0 Å². The first-order valence-corrected chi connectivity index (χ1v) is 7.39. The number of aliphatic carboxylic acids is 1. The molecule has 0 aromatic rings. The molecule has 21 heavy (non-hydrogen) atoms. The molecule has 0 saturated heterocycles. The molecule has 0 fully saturated rings. The average Bonchev–Trinajstić information content (AvgIpc) is 2.22. The summed E-state index contributed by atoms with van der Waals surface area (Å²) in [5, 5.41) is 10.4. The van der Waals surface area contributed by atoms with E-state index in [2.05, 4.69) is 6.92 Å². The number of alkyl halides is 1. The molecule has 0 N–H and O–H groups in total. The summed E-state index contributed by atoms with van der Waals surface area (Å²) >= 11 is 5.38. The zero-order valence-corrected chi connectivity index (χ0v) is 15.3. The minimum Gasteiger partial charge on any atom is -0.550 e. The molecule has 5 nitrogen and oxygen atoms in total. The van der Waals surface area contributed by atoms with Crippen LogP contribution in [0.5, 0.6) is 0 Å². The van der Waals surface area contributed by atoms with Gasteiger partial charge in [-0.05, 0) is 6.42 Å². The third-order valence-corrected chi connectivity index (χ3v) is 2.48. The Bertz CT molecular complexity index is 261. The summed E-state index contributed by atoms with van der Waals surface area (Å²) < 4.78 is 5.39. The molecule has 0 amide bonds. The van der Waals surface area contributed by atoms with E-state index in [0.29, 0.717) is 11.0 Å². The van der Waals surface area contributed by atoms with Gasteiger partial charge >= 0.3 is 5.97 Å². The number of unbranched alkanes of at least 4 members (excludes halogenated alkanes) is 2. The summed E-state index contributed by atoms with van der Waals surface area (Å²) in [5.74, 6) is -0.845. The molecule has 0 radical (unpaired) electrons. The Morgan fingerprint density at radius 3 is 2.00 bits per heavy atom. The van der Waals surface area contributed by atoms with E-state index < -0.39 is 18.0 Å². The van der Waals surface area contributed by atoms with E-state index in [1.54, 1.807) is 0 Å². The first kappa shape index (κ1) is 25.4. The average molecular weight is 346 g/mol. The number of carbonyl (C=O) groups is 2. The second kappa shape index (κ2) is 14.4. The summed E-state index contributed by atoms with van der Waals surface area (Å²) in [4.78, 5) is 21.0. The van der Waals surface area contributed by atoms with Gasteiger partial charge in [-0.3, -0.25) is 4.79 Å². The van der Waals surface area contributed by atoms with Crippen molar-refractivity contribution in [2.24, 2.45) is 0 Å². The molecule has 0 aliphatic heterocycles. The van der Waals surface area contributed by atoms with Crippen molar-refractivity contribution in [3.63, 3.8) is 0 Å². The Kier molecular flexibility index (Phi) is 17.5. The summed E-state index contributed by atoms with van der Waals surface area (Å²) in [5.41, 5.74) is 0. The van der Waals surface area contributed by atoms with E-state index in [9.17, 15) is 14.7 Å². The topological polar surface area (TPSA) is 66.4 Å². The fourth-order valence-electron chi connectivity index (χ4n) is 1.52. The van der Waals surface area contributed by atoms with Gasteiger partial charge < -0.3 is 19.1 Å². The maximum Gasteiger partial charge on any atom is 0.303 e. The van der Waals surface area contributed by atoms with Gasteiger partial charge in [0.25, 0.3) is 0 Å². The van der Waals surface area contributed by atoms with E-state index in [1.807, 2.05) is 21.1 Å². The molecule has 0 bridgehead atoms. The third kappa shape index (κ3) is 24.8. The molecule has 0 rings (SSSR count). The fraction of sp³-hybridized carbons (Fsp3) is 0.857. The summed E-state index contributed by atoms with van der Waals surface area (Å²) in [6.45, 7) is 3.89. The van der Waals surface area contributed by atoms with Crippen LogP contribution in [0, 0.1) is 0 Å². The maximum atomic E-state index is 10.7. The maximum absolute atomic E-state index is 10.7. The van der Waals surface area contributed by atoms with Gasteiger partial charge in [-0.25, -0.2) is 0 Å². The smallest absolute Gasteiger partial charge is 0.303 e. The molecule has 0 aromatic heterocycles. The van der Waals surface area contributed by atoms with Crippen molar-refractivity contribution in [2.75, 3.05) is 33.6 Å². The van der Waals surface area contributed by atoms with Crippen LogP contribution in [-0.2, 0) is 14.3 Å². The van der Waals surface area contributed by atoms with E-state index in [0.717, 1.165) is 5.88 Å². The first-order chi connectivity index (χ1) is 9.12. The highest BCUT2D eigenvalue weighted by atomic mass is 35.5. The van der Waals surface area contributed by atoms with Gasteiger partial charge in [0, 0.05) is 25.2 Å². The lowest BCUT2D eigenvalue weighted by Crippen LogP contribution is -2.45. The second-order valence-corrected chi connectivity index (χ2v) is 6.05. The molecule has 1 unspecified atom stereocenters. The molecule has 0 aliphatic rings.